The summed E-state index contributed by atoms with van der Waals surface area (Å²) in [7, 11) is 0. The van der Waals surface area contributed by atoms with Gasteiger partial charge in [-0.2, -0.15) is 0 Å². The normalized spacial score (nSPS) is 11.8. The zero-order valence-electron chi connectivity index (χ0n) is 20.0. The fraction of sp³-hybridized carbons (Fsp3) is 0.0645. The monoisotopic (exact) mass is 470 g/mol. The molecule has 0 aliphatic rings. The maximum atomic E-state index is 6.15. The lowest BCUT2D eigenvalue weighted by atomic mass is 9.99. The quantitative estimate of drug-likeness (QED) is 0.251. The molecule has 5 nitrogen and oxygen atoms in total. The van der Waals surface area contributed by atoms with E-state index in [9.17, 15) is 0 Å². The summed E-state index contributed by atoms with van der Waals surface area (Å²) in [6.45, 7) is 2.08. The van der Waals surface area contributed by atoms with E-state index < -0.39 is 0 Å². The summed E-state index contributed by atoms with van der Waals surface area (Å²) in [6, 6.07) is 24.5. The summed E-state index contributed by atoms with van der Waals surface area (Å²) in [5, 5.41) is 0. The first-order valence-corrected chi connectivity index (χ1v) is 11.9. The average Bonchev–Trinajstić information content (AvgIpc) is 3.44. The Bertz CT molecular complexity index is 1530. The molecule has 0 radical (unpaired) electrons. The molecule has 0 fully saturated rings. The molecule has 0 unspecified atom stereocenters. The number of furan rings is 1. The summed E-state index contributed by atoms with van der Waals surface area (Å²) in [6.07, 6.45) is 13.6. The van der Waals surface area contributed by atoms with Gasteiger partial charge in [-0.1, -0.05) is 31.2 Å². The molecular weight excluding hydrogens is 444 g/mol. The highest BCUT2D eigenvalue weighted by atomic mass is 16.3. The van der Waals surface area contributed by atoms with Crippen LogP contribution >= 0.6 is 0 Å². The SMILES string of the molecule is CC/C=C(\C=C/N)c1ccc(-c2ccnc(-c3cc(-c4cccc(-c5ccncc5)c4)ccn3)c2)o1. The van der Waals surface area contributed by atoms with Crippen LogP contribution in [0.2, 0.25) is 0 Å². The number of rotatable bonds is 7. The Kier molecular flexibility index (Phi) is 6.81. The largest absolute Gasteiger partial charge is 0.456 e. The van der Waals surface area contributed by atoms with Gasteiger partial charge in [-0.15, -0.1) is 0 Å². The van der Waals surface area contributed by atoms with E-state index >= 15 is 0 Å². The zero-order valence-corrected chi connectivity index (χ0v) is 20.0. The second-order valence-corrected chi connectivity index (χ2v) is 8.27. The van der Waals surface area contributed by atoms with Crippen LogP contribution in [-0.4, -0.2) is 15.0 Å². The maximum Gasteiger partial charge on any atom is 0.134 e. The number of allylic oxidation sites excluding steroid dienone is 3. The Labute approximate surface area is 210 Å². The molecule has 5 rings (SSSR count). The van der Waals surface area contributed by atoms with Gasteiger partial charge in [0.15, 0.2) is 0 Å². The first-order chi connectivity index (χ1) is 17.7. The van der Waals surface area contributed by atoms with E-state index in [-0.39, 0.29) is 0 Å². The molecule has 0 saturated carbocycles. The fourth-order valence-electron chi connectivity index (χ4n) is 4.12. The molecule has 0 saturated heterocycles. The zero-order chi connectivity index (χ0) is 24.7. The number of hydrogen-bond acceptors (Lipinski definition) is 5. The predicted molar refractivity (Wildman–Crippen MR) is 145 cm³/mol. The molecule has 5 aromatic rings. The Morgan fingerprint density at radius 1 is 0.750 bits per heavy atom. The van der Waals surface area contributed by atoms with Gasteiger partial charge in [0.25, 0.3) is 0 Å². The van der Waals surface area contributed by atoms with E-state index in [4.69, 9.17) is 10.2 Å². The summed E-state index contributed by atoms with van der Waals surface area (Å²) in [5.74, 6) is 1.54. The Balaban J connectivity index is 1.46. The van der Waals surface area contributed by atoms with Gasteiger partial charge >= 0.3 is 0 Å². The third-order valence-electron chi connectivity index (χ3n) is 5.87. The van der Waals surface area contributed by atoms with Crippen LogP contribution in [0.1, 0.15) is 19.1 Å². The van der Waals surface area contributed by atoms with Gasteiger partial charge in [0, 0.05) is 35.9 Å². The molecule has 36 heavy (non-hydrogen) atoms. The van der Waals surface area contributed by atoms with Crippen molar-refractivity contribution in [1.29, 1.82) is 0 Å². The number of pyridine rings is 3. The third kappa shape index (κ3) is 5.00. The highest BCUT2D eigenvalue weighted by Gasteiger charge is 2.11. The first kappa shape index (κ1) is 23.0. The average molecular weight is 471 g/mol. The summed E-state index contributed by atoms with van der Waals surface area (Å²) in [5.41, 5.74) is 13.6. The Morgan fingerprint density at radius 3 is 2.11 bits per heavy atom. The van der Waals surface area contributed by atoms with Crippen LogP contribution in [0.5, 0.6) is 0 Å². The minimum Gasteiger partial charge on any atom is -0.456 e. The number of benzene rings is 1. The lowest BCUT2D eigenvalue weighted by Gasteiger charge is -2.08. The van der Waals surface area contributed by atoms with Crippen molar-refractivity contribution in [3.8, 4) is 45.0 Å². The number of aromatic nitrogens is 3. The molecule has 0 aliphatic carbocycles. The third-order valence-corrected chi connectivity index (χ3v) is 5.87. The summed E-state index contributed by atoms with van der Waals surface area (Å²) >= 11 is 0. The molecule has 0 amide bonds. The number of nitrogens with two attached hydrogens (primary N) is 1. The molecule has 2 N–H and O–H groups in total. The summed E-state index contributed by atoms with van der Waals surface area (Å²) < 4.78 is 6.15. The van der Waals surface area contributed by atoms with Crippen molar-refractivity contribution in [2.75, 3.05) is 0 Å². The van der Waals surface area contributed by atoms with Crippen molar-refractivity contribution in [3.63, 3.8) is 0 Å². The van der Waals surface area contributed by atoms with Crippen LogP contribution in [0.3, 0.4) is 0 Å². The van der Waals surface area contributed by atoms with E-state index in [0.29, 0.717) is 0 Å². The van der Waals surface area contributed by atoms with Crippen LogP contribution < -0.4 is 5.73 Å². The second kappa shape index (κ2) is 10.7. The van der Waals surface area contributed by atoms with Crippen molar-refractivity contribution >= 4 is 5.57 Å². The van der Waals surface area contributed by atoms with Crippen LogP contribution in [0.25, 0.3) is 50.5 Å². The topological polar surface area (TPSA) is 77.8 Å². The standard InChI is InChI=1S/C31H26N4O/c1-2-4-23(9-14-32)30-7-8-31(36-30)27-13-18-35-29(21-27)28-20-26(12-17-34-28)25-6-3-5-24(19-25)22-10-15-33-16-11-22/h3-21H,2,32H2,1H3/b14-9-,23-4+. The van der Waals surface area contributed by atoms with Crippen LogP contribution in [-0.2, 0) is 0 Å². The van der Waals surface area contributed by atoms with Crippen LogP contribution in [0, 0.1) is 0 Å². The van der Waals surface area contributed by atoms with E-state index in [2.05, 4.69) is 58.3 Å². The van der Waals surface area contributed by atoms with Gasteiger partial charge in [-0.3, -0.25) is 15.0 Å². The summed E-state index contributed by atoms with van der Waals surface area (Å²) in [4.78, 5) is 13.3. The van der Waals surface area contributed by atoms with Gasteiger partial charge in [0.2, 0.25) is 0 Å². The van der Waals surface area contributed by atoms with E-state index in [1.807, 2.05) is 67.1 Å². The molecule has 5 heteroatoms. The van der Waals surface area contributed by atoms with E-state index in [1.54, 1.807) is 6.20 Å². The second-order valence-electron chi connectivity index (χ2n) is 8.27. The van der Waals surface area contributed by atoms with E-state index in [1.165, 1.54) is 6.20 Å². The van der Waals surface area contributed by atoms with E-state index in [0.717, 1.165) is 62.7 Å². The number of nitrogens with zero attached hydrogens (tertiary/aromatic N) is 3. The van der Waals surface area contributed by atoms with Gasteiger partial charge in [0.05, 0.1) is 11.4 Å². The lowest BCUT2D eigenvalue weighted by molar-refractivity contribution is 0.568. The highest BCUT2D eigenvalue weighted by molar-refractivity contribution is 5.76. The van der Waals surface area contributed by atoms with Crippen molar-refractivity contribution in [1.82, 2.24) is 15.0 Å². The fourth-order valence-corrected chi connectivity index (χ4v) is 4.12. The van der Waals surface area contributed by atoms with Gasteiger partial charge in [0.1, 0.15) is 11.5 Å². The molecule has 0 bridgehead atoms. The minimum absolute atomic E-state index is 0.766. The van der Waals surface area contributed by atoms with Crippen molar-refractivity contribution in [2.24, 2.45) is 5.73 Å². The molecule has 4 aromatic heterocycles. The molecular formula is C31H26N4O. The highest BCUT2D eigenvalue weighted by Crippen LogP contribution is 2.31. The minimum atomic E-state index is 0.766. The lowest BCUT2D eigenvalue weighted by Crippen LogP contribution is -1.89. The maximum absolute atomic E-state index is 6.15. The molecule has 4 heterocycles. The van der Waals surface area contributed by atoms with Crippen molar-refractivity contribution in [3.05, 3.63) is 122 Å². The predicted octanol–water partition coefficient (Wildman–Crippen LogP) is 7.40. The smallest absolute Gasteiger partial charge is 0.134 e. The Hall–Kier alpha value is -4.77. The van der Waals surface area contributed by atoms with Crippen molar-refractivity contribution < 1.29 is 4.42 Å². The van der Waals surface area contributed by atoms with Gasteiger partial charge in [-0.05, 0) is 95.5 Å². The molecule has 1 aromatic carbocycles. The number of hydrogen-bond donors (Lipinski definition) is 1. The molecule has 0 aliphatic heterocycles. The van der Waals surface area contributed by atoms with Crippen LogP contribution in [0.4, 0.5) is 0 Å². The molecule has 176 valence electrons. The molecule has 0 spiro atoms. The van der Waals surface area contributed by atoms with Gasteiger partial charge < -0.3 is 10.2 Å². The van der Waals surface area contributed by atoms with Gasteiger partial charge in [-0.25, -0.2) is 0 Å². The Morgan fingerprint density at radius 2 is 1.39 bits per heavy atom. The molecule has 0 atom stereocenters. The van der Waals surface area contributed by atoms with Crippen molar-refractivity contribution in [2.45, 2.75) is 13.3 Å². The van der Waals surface area contributed by atoms with Crippen LogP contribution in [0.15, 0.2) is 120 Å². The first-order valence-electron chi connectivity index (χ1n) is 11.9.